The summed E-state index contributed by atoms with van der Waals surface area (Å²) in [6, 6.07) is 13.8. The zero-order valence-electron chi connectivity index (χ0n) is 19.5. The summed E-state index contributed by atoms with van der Waals surface area (Å²) in [6.45, 7) is 3.39. The minimum atomic E-state index is -3.75. The first kappa shape index (κ1) is 22.9. The van der Waals surface area contributed by atoms with Crippen molar-refractivity contribution in [3.63, 3.8) is 0 Å². The summed E-state index contributed by atoms with van der Waals surface area (Å²) < 4.78 is 34.3. The lowest BCUT2D eigenvalue weighted by molar-refractivity contribution is -0.152. The SMILES string of the molecule is Cc1ccc(S(=O)(=O)Nc2cccc(C(C3=C(O)C4(CCN(C)CC4)OC3=O)C3CC3)c2)cc1. The van der Waals surface area contributed by atoms with Crippen molar-refractivity contribution in [3.8, 4) is 0 Å². The molecule has 0 bridgehead atoms. The minimum Gasteiger partial charge on any atom is -0.507 e. The molecule has 1 saturated heterocycles. The zero-order valence-corrected chi connectivity index (χ0v) is 20.3. The fraction of sp³-hybridized carbons (Fsp3) is 0.423. The molecule has 3 aliphatic rings. The van der Waals surface area contributed by atoms with Crippen molar-refractivity contribution < 1.29 is 23.1 Å². The van der Waals surface area contributed by atoms with E-state index in [4.69, 9.17) is 4.74 Å². The van der Waals surface area contributed by atoms with Crippen LogP contribution in [0.5, 0.6) is 0 Å². The summed E-state index contributed by atoms with van der Waals surface area (Å²) in [5.41, 5.74) is 1.61. The van der Waals surface area contributed by atoms with Gasteiger partial charge in [0.2, 0.25) is 0 Å². The molecule has 1 unspecified atom stereocenters. The van der Waals surface area contributed by atoms with Crippen molar-refractivity contribution in [3.05, 3.63) is 71.0 Å². The molecule has 5 rings (SSSR count). The number of hydrogen-bond acceptors (Lipinski definition) is 6. The first-order chi connectivity index (χ1) is 16.2. The third-order valence-corrected chi connectivity index (χ3v) is 8.62. The molecule has 1 spiro atoms. The Morgan fingerprint density at radius 3 is 2.44 bits per heavy atom. The molecule has 180 valence electrons. The Labute approximate surface area is 200 Å². The number of aryl methyl sites for hydroxylation is 1. The van der Waals surface area contributed by atoms with Gasteiger partial charge in [0.25, 0.3) is 10.0 Å². The molecule has 2 fully saturated rings. The van der Waals surface area contributed by atoms with Gasteiger partial charge in [-0.15, -0.1) is 0 Å². The van der Waals surface area contributed by atoms with E-state index < -0.39 is 21.6 Å². The Balaban J connectivity index is 1.47. The number of nitrogens with zero attached hydrogens (tertiary/aromatic N) is 1. The molecule has 1 saturated carbocycles. The fourth-order valence-corrected chi connectivity index (χ4v) is 6.10. The van der Waals surface area contributed by atoms with Crippen molar-refractivity contribution >= 4 is 21.7 Å². The van der Waals surface area contributed by atoms with Crippen LogP contribution in [0.25, 0.3) is 0 Å². The number of benzene rings is 2. The van der Waals surface area contributed by atoms with E-state index in [2.05, 4.69) is 9.62 Å². The smallest absolute Gasteiger partial charge is 0.339 e. The van der Waals surface area contributed by atoms with Crippen LogP contribution >= 0.6 is 0 Å². The summed E-state index contributed by atoms with van der Waals surface area (Å²) in [5, 5.41) is 11.3. The van der Waals surface area contributed by atoms with Crippen LogP contribution in [0.15, 0.2) is 64.8 Å². The molecule has 1 atom stereocenters. The van der Waals surface area contributed by atoms with Crippen LogP contribution in [0.4, 0.5) is 5.69 Å². The van der Waals surface area contributed by atoms with Gasteiger partial charge in [-0.25, -0.2) is 13.2 Å². The lowest BCUT2D eigenvalue weighted by atomic mass is 9.82. The number of rotatable bonds is 6. The Morgan fingerprint density at radius 2 is 1.79 bits per heavy atom. The lowest BCUT2D eigenvalue weighted by Gasteiger charge is -2.36. The first-order valence-corrected chi connectivity index (χ1v) is 13.2. The van der Waals surface area contributed by atoms with E-state index in [-0.39, 0.29) is 22.5 Å². The summed E-state index contributed by atoms with van der Waals surface area (Å²) in [6.07, 6.45) is 3.03. The number of piperidine rings is 1. The predicted octanol–water partition coefficient (Wildman–Crippen LogP) is 4.12. The van der Waals surface area contributed by atoms with Gasteiger partial charge in [0.05, 0.1) is 10.5 Å². The first-order valence-electron chi connectivity index (χ1n) is 11.7. The van der Waals surface area contributed by atoms with E-state index in [1.807, 2.05) is 20.0 Å². The Hall–Kier alpha value is -2.84. The van der Waals surface area contributed by atoms with Gasteiger partial charge in [0.1, 0.15) is 5.76 Å². The van der Waals surface area contributed by atoms with Crippen LogP contribution in [0.3, 0.4) is 0 Å². The third kappa shape index (κ3) is 4.20. The average Bonchev–Trinajstić information content (AvgIpc) is 3.60. The number of sulfonamides is 1. The highest BCUT2D eigenvalue weighted by Gasteiger charge is 2.53. The number of nitrogens with one attached hydrogen (secondary N) is 1. The van der Waals surface area contributed by atoms with Crippen molar-refractivity contribution in [1.29, 1.82) is 0 Å². The van der Waals surface area contributed by atoms with Crippen molar-refractivity contribution in [1.82, 2.24) is 4.90 Å². The normalized spacial score (nSPS) is 21.5. The number of carbonyl (C=O) groups is 1. The maximum absolute atomic E-state index is 13.0. The number of esters is 1. The molecule has 2 aromatic carbocycles. The van der Waals surface area contributed by atoms with Gasteiger partial charge in [0.15, 0.2) is 5.60 Å². The maximum atomic E-state index is 13.0. The molecule has 2 aliphatic heterocycles. The van der Waals surface area contributed by atoms with Gasteiger partial charge >= 0.3 is 5.97 Å². The molecule has 8 heteroatoms. The van der Waals surface area contributed by atoms with Crippen LogP contribution < -0.4 is 4.72 Å². The Morgan fingerprint density at radius 1 is 1.12 bits per heavy atom. The highest BCUT2D eigenvalue weighted by Crippen LogP contribution is 2.52. The van der Waals surface area contributed by atoms with Crippen LogP contribution in [0, 0.1) is 12.8 Å². The second-order valence-electron chi connectivity index (χ2n) is 9.81. The van der Waals surface area contributed by atoms with Gasteiger partial charge in [-0.3, -0.25) is 4.72 Å². The maximum Gasteiger partial charge on any atom is 0.339 e. The number of anilines is 1. The molecule has 2 N–H and O–H groups in total. The second kappa shape index (κ2) is 8.43. The van der Waals surface area contributed by atoms with E-state index in [1.54, 1.807) is 42.5 Å². The lowest BCUT2D eigenvalue weighted by Crippen LogP contribution is -2.44. The topological polar surface area (TPSA) is 95.9 Å². The van der Waals surface area contributed by atoms with Crippen molar-refractivity contribution in [2.45, 2.75) is 49.0 Å². The number of ether oxygens (including phenoxy) is 1. The van der Waals surface area contributed by atoms with Crippen molar-refractivity contribution in [2.24, 2.45) is 5.92 Å². The number of likely N-dealkylation sites (tertiary alicyclic amines) is 1. The third-order valence-electron chi connectivity index (χ3n) is 7.22. The summed E-state index contributed by atoms with van der Waals surface area (Å²) in [4.78, 5) is 15.4. The molecule has 0 aromatic heterocycles. The van der Waals surface area contributed by atoms with Crippen molar-refractivity contribution in [2.75, 3.05) is 24.9 Å². The molecule has 0 amide bonds. The second-order valence-corrected chi connectivity index (χ2v) is 11.5. The van der Waals surface area contributed by atoms with Gasteiger partial charge in [-0.1, -0.05) is 29.8 Å². The quantitative estimate of drug-likeness (QED) is 0.602. The highest BCUT2D eigenvalue weighted by atomic mass is 32.2. The van der Waals surface area contributed by atoms with Gasteiger partial charge < -0.3 is 14.7 Å². The van der Waals surface area contributed by atoms with E-state index >= 15 is 0 Å². The molecule has 0 radical (unpaired) electrons. The van der Waals surface area contributed by atoms with E-state index in [1.165, 1.54) is 0 Å². The summed E-state index contributed by atoms with van der Waals surface area (Å²) in [5.74, 6) is -0.497. The van der Waals surface area contributed by atoms with E-state index in [0.717, 1.165) is 37.1 Å². The van der Waals surface area contributed by atoms with E-state index in [9.17, 15) is 18.3 Å². The predicted molar refractivity (Wildman–Crippen MR) is 129 cm³/mol. The highest BCUT2D eigenvalue weighted by molar-refractivity contribution is 7.92. The zero-order chi connectivity index (χ0) is 24.1. The van der Waals surface area contributed by atoms with Crippen LogP contribution in [-0.4, -0.2) is 50.1 Å². The monoisotopic (exact) mass is 482 g/mol. The molecule has 1 aliphatic carbocycles. The van der Waals surface area contributed by atoms with Gasteiger partial charge in [-0.2, -0.15) is 0 Å². The van der Waals surface area contributed by atoms with Crippen LogP contribution in [-0.2, 0) is 19.6 Å². The number of hydrogen-bond donors (Lipinski definition) is 2. The standard InChI is InChI=1S/C26H30N2O5S/c1-17-6-10-21(11-7-17)34(31,32)27-20-5-3-4-19(16-20)22(18-8-9-18)23-24(29)26(33-25(23)30)12-14-28(2)15-13-26/h3-7,10-11,16,18,22,27,29H,8-9,12-15H2,1-2H3. The molecule has 2 aromatic rings. The Kier molecular flexibility index (Phi) is 5.68. The van der Waals surface area contributed by atoms with E-state index in [0.29, 0.717) is 24.1 Å². The molecule has 34 heavy (non-hydrogen) atoms. The summed E-state index contributed by atoms with van der Waals surface area (Å²) >= 11 is 0. The van der Waals surface area contributed by atoms with Crippen LogP contribution in [0.2, 0.25) is 0 Å². The largest absolute Gasteiger partial charge is 0.507 e. The molecule has 7 nitrogen and oxygen atoms in total. The summed E-state index contributed by atoms with van der Waals surface area (Å²) in [7, 11) is -1.74. The number of carbonyl (C=O) groups excluding carboxylic acids is 1. The van der Waals surface area contributed by atoms with Crippen LogP contribution in [0.1, 0.15) is 42.7 Å². The van der Waals surface area contributed by atoms with Gasteiger partial charge in [-0.05, 0) is 62.6 Å². The Bertz CT molecular complexity index is 1240. The molecular weight excluding hydrogens is 452 g/mol. The minimum absolute atomic E-state index is 0.0631. The average molecular weight is 483 g/mol. The van der Waals surface area contributed by atoms with Gasteiger partial charge in [0, 0.05) is 37.5 Å². The fourth-order valence-electron chi connectivity index (χ4n) is 5.05. The molecule has 2 heterocycles. The number of aliphatic hydroxyl groups excluding tert-OH is 1. The number of aliphatic hydroxyl groups is 1. The molecular formula is C26H30N2O5S.